The van der Waals surface area contributed by atoms with Gasteiger partial charge in [0.05, 0.1) is 18.8 Å². The first-order valence-electron chi connectivity index (χ1n) is 5.96. The van der Waals surface area contributed by atoms with Crippen LogP contribution in [-0.4, -0.2) is 43.5 Å². The van der Waals surface area contributed by atoms with E-state index in [1.165, 1.54) is 12.1 Å². The van der Waals surface area contributed by atoms with Gasteiger partial charge in [0.1, 0.15) is 0 Å². The maximum atomic E-state index is 13.4. The number of carbonyl (C=O) groups is 1. The number of nitrogens with zero attached hydrogens (tertiary/aromatic N) is 1. The highest BCUT2D eigenvalue weighted by atomic mass is 19.2. The van der Waals surface area contributed by atoms with Crippen molar-refractivity contribution in [3.05, 3.63) is 35.4 Å². The van der Waals surface area contributed by atoms with Crippen molar-refractivity contribution in [2.45, 2.75) is 6.42 Å². The Morgan fingerprint density at radius 3 is 2.72 bits per heavy atom. The Hall–Kier alpha value is -1.33. The first kappa shape index (κ1) is 13.1. The fourth-order valence-corrected chi connectivity index (χ4v) is 1.94. The molecule has 0 aromatic heterocycles. The van der Waals surface area contributed by atoms with Crippen molar-refractivity contribution in [2.24, 2.45) is 0 Å². The topological polar surface area (TPSA) is 29.5 Å². The maximum absolute atomic E-state index is 13.4. The molecule has 18 heavy (non-hydrogen) atoms. The van der Waals surface area contributed by atoms with Crippen molar-refractivity contribution >= 4 is 5.78 Å². The lowest BCUT2D eigenvalue weighted by atomic mass is 10.1. The molecule has 3 nitrogen and oxygen atoms in total. The van der Waals surface area contributed by atoms with Crippen LogP contribution in [0.15, 0.2) is 18.2 Å². The summed E-state index contributed by atoms with van der Waals surface area (Å²) in [4.78, 5) is 13.9. The van der Waals surface area contributed by atoms with Crippen LogP contribution in [0.3, 0.4) is 0 Å². The van der Waals surface area contributed by atoms with Crippen molar-refractivity contribution in [1.29, 1.82) is 0 Å². The van der Waals surface area contributed by atoms with E-state index < -0.39 is 11.6 Å². The van der Waals surface area contributed by atoms with Crippen molar-refractivity contribution in [3.8, 4) is 0 Å². The minimum Gasteiger partial charge on any atom is -0.379 e. The van der Waals surface area contributed by atoms with Crippen LogP contribution in [0.1, 0.15) is 16.8 Å². The lowest BCUT2D eigenvalue weighted by Crippen LogP contribution is -2.37. The monoisotopic (exact) mass is 255 g/mol. The Bertz CT molecular complexity index is 431. The Balaban J connectivity index is 1.93. The number of benzene rings is 1. The van der Waals surface area contributed by atoms with Crippen molar-refractivity contribution < 1.29 is 18.3 Å². The minimum atomic E-state index is -1.05. The quantitative estimate of drug-likeness (QED) is 0.769. The second kappa shape index (κ2) is 6.02. The third-order valence-electron chi connectivity index (χ3n) is 3.01. The first-order chi connectivity index (χ1) is 8.68. The third kappa shape index (κ3) is 3.11. The van der Waals surface area contributed by atoms with Gasteiger partial charge in [0.2, 0.25) is 0 Å². The van der Waals surface area contributed by atoms with Gasteiger partial charge in [0, 0.05) is 26.1 Å². The van der Waals surface area contributed by atoms with E-state index in [4.69, 9.17) is 4.74 Å². The molecule has 5 heteroatoms. The predicted molar refractivity (Wildman–Crippen MR) is 62.6 cm³/mol. The Kier molecular flexibility index (Phi) is 4.38. The Labute approximate surface area is 104 Å². The summed E-state index contributed by atoms with van der Waals surface area (Å²) in [5.74, 6) is -2.39. The van der Waals surface area contributed by atoms with E-state index in [0.717, 1.165) is 19.2 Å². The largest absolute Gasteiger partial charge is 0.379 e. The lowest BCUT2D eigenvalue weighted by molar-refractivity contribution is 0.0369. The third-order valence-corrected chi connectivity index (χ3v) is 3.01. The molecule has 1 heterocycles. The molecule has 0 N–H and O–H groups in total. The van der Waals surface area contributed by atoms with Gasteiger partial charge in [-0.25, -0.2) is 8.78 Å². The van der Waals surface area contributed by atoms with Gasteiger partial charge < -0.3 is 4.74 Å². The van der Waals surface area contributed by atoms with Gasteiger partial charge >= 0.3 is 0 Å². The number of hydrogen-bond donors (Lipinski definition) is 0. The van der Waals surface area contributed by atoms with Crippen LogP contribution in [0.4, 0.5) is 8.78 Å². The van der Waals surface area contributed by atoms with Crippen LogP contribution >= 0.6 is 0 Å². The number of ether oxygens (including phenoxy) is 1. The molecule has 1 aliphatic rings. The summed E-state index contributed by atoms with van der Waals surface area (Å²) in [6, 6.07) is 3.68. The van der Waals surface area contributed by atoms with Gasteiger partial charge in [-0.2, -0.15) is 0 Å². The molecular formula is C13H15F2NO2. The molecule has 0 amide bonds. The molecule has 1 fully saturated rings. The number of Topliss-reactive ketones (excluding diaryl/α,β-unsaturated/α-hetero) is 1. The molecule has 0 aliphatic carbocycles. The fourth-order valence-electron chi connectivity index (χ4n) is 1.94. The highest BCUT2D eigenvalue weighted by Crippen LogP contribution is 2.13. The average Bonchev–Trinajstić information content (AvgIpc) is 2.40. The van der Waals surface area contributed by atoms with Gasteiger partial charge in [-0.05, 0) is 12.1 Å². The smallest absolute Gasteiger partial charge is 0.169 e. The number of carbonyl (C=O) groups excluding carboxylic acids is 1. The summed E-state index contributed by atoms with van der Waals surface area (Å²) in [7, 11) is 0. The SMILES string of the molecule is O=C(CCN1CCOCC1)c1cccc(F)c1F. The standard InChI is InChI=1S/C13H15F2NO2/c14-11-3-1-2-10(13(11)15)12(17)4-5-16-6-8-18-9-7-16/h1-3H,4-9H2. The Morgan fingerprint density at radius 1 is 1.28 bits per heavy atom. The number of hydrogen-bond acceptors (Lipinski definition) is 3. The summed E-state index contributed by atoms with van der Waals surface area (Å²) in [6.07, 6.45) is 0.195. The zero-order valence-corrected chi connectivity index (χ0v) is 9.99. The van der Waals surface area contributed by atoms with Crippen LogP contribution < -0.4 is 0 Å². The normalized spacial score (nSPS) is 16.8. The summed E-state index contributed by atoms with van der Waals surface area (Å²) < 4.78 is 31.6. The lowest BCUT2D eigenvalue weighted by Gasteiger charge is -2.26. The summed E-state index contributed by atoms with van der Waals surface area (Å²) in [5.41, 5.74) is -0.164. The van der Waals surface area contributed by atoms with E-state index in [1.807, 2.05) is 0 Å². The van der Waals surface area contributed by atoms with Crippen LogP contribution in [-0.2, 0) is 4.74 Å². The highest BCUT2D eigenvalue weighted by molar-refractivity contribution is 5.96. The van der Waals surface area contributed by atoms with Crippen LogP contribution in [0, 0.1) is 11.6 Å². The summed E-state index contributed by atoms with van der Waals surface area (Å²) >= 11 is 0. The van der Waals surface area contributed by atoms with Gasteiger partial charge in [-0.1, -0.05) is 6.07 Å². The van der Waals surface area contributed by atoms with E-state index in [9.17, 15) is 13.6 Å². The van der Waals surface area contributed by atoms with Crippen molar-refractivity contribution in [1.82, 2.24) is 4.90 Å². The van der Waals surface area contributed by atoms with E-state index >= 15 is 0 Å². The average molecular weight is 255 g/mol. The number of ketones is 1. The Morgan fingerprint density at radius 2 is 2.00 bits per heavy atom. The molecular weight excluding hydrogens is 240 g/mol. The van der Waals surface area contributed by atoms with Crippen LogP contribution in [0.5, 0.6) is 0 Å². The van der Waals surface area contributed by atoms with Crippen molar-refractivity contribution in [3.63, 3.8) is 0 Å². The highest BCUT2D eigenvalue weighted by Gasteiger charge is 2.17. The number of halogens is 2. The van der Waals surface area contributed by atoms with Gasteiger partial charge in [-0.15, -0.1) is 0 Å². The predicted octanol–water partition coefficient (Wildman–Crippen LogP) is 1.87. The molecule has 1 aliphatic heterocycles. The fraction of sp³-hybridized carbons (Fsp3) is 0.462. The summed E-state index contributed by atoms with van der Waals surface area (Å²) in [5, 5.41) is 0. The molecule has 1 aromatic rings. The number of morpholine rings is 1. The van der Waals surface area contributed by atoms with Crippen LogP contribution in [0.25, 0.3) is 0 Å². The zero-order chi connectivity index (χ0) is 13.0. The number of rotatable bonds is 4. The van der Waals surface area contributed by atoms with Crippen LogP contribution in [0.2, 0.25) is 0 Å². The molecule has 98 valence electrons. The second-order valence-electron chi connectivity index (χ2n) is 4.23. The molecule has 0 spiro atoms. The van der Waals surface area contributed by atoms with Gasteiger partial charge in [-0.3, -0.25) is 9.69 Å². The zero-order valence-electron chi connectivity index (χ0n) is 9.99. The van der Waals surface area contributed by atoms with Crippen molar-refractivity contribution in [2.75, 3.05) is 32.8 Å². The molecule has 1 aromatic carbocycles. The van der Waals surface area contributed by atoms with E-state index in [0.29, 0.717) is 19.8 Å². The van der Waals surface area contributed by atoms with E-state index in [-0.39, 0.29) is 17.8 Å². The molecule has 0 unspecified atom stereocenters. The first-order valence-corrected chi connectivity index (χ1v) is 5.96. The molecule has 0 bridgehead atoms. The molecule has 2 rings (SSSR count). The molecule has 0 atom stereocenters. The maximum Gasteiger partial charge on any atom is 0.169 e. The second-order valence-corrected chi connectivity index (χ2v) is 4.23. The molecule has 0 saturated carbocycles. The molecule has 0 radical (unpaired) electrons. The van der Waals surface area contributed by atoms with Gasteiger partial charge in [0.25, 0.3) is 0 Å². The van der Waals surface area contributed by atoms with Gasteiger partial charge in [0.15, 0.2) is 17.4 Å². The van der Waals surface area contributed by atoms with E-state index in [1.54, 1.807) is 0 Å². The molecule has 1 saturated heterocycles. The summed E-state index contributed by atoms with van der Waals surface area (Å²) in [6.45, 7) is 3.42. The van der Waals surface area contributed by atoms with E-state index in [2.05, 4.69) is 4.90 Å². The minimum absolute atomic E-state index is 0.164.